The summed E-state index contributed by atoms with van der Waals surface area (Å²) in [6, 6.07) is 8.16. The van der Waals surface area contributed by atoms with E-state index >= 15 is 0 Å². The van der Waals surface area contributed by atoms with Crippen LogP contribution in [0.25, 0.3) is 0 Å². The van der Waals surface area contributed by atoms with Gasteiger partial charge in [0.1, 0.15) is 0 Å². The van der Waals surface area contributed by atoms with Crippen LogP contribution >= 0.6 is 0 Å². The number of benzene rings is 1. The summed E-state index contributed by atoms with van der Waals surface area (Å²) in [5.74, 6) is 0.209. The van der Waals surface area contributed by atoms with E-state index in [9.17, 15) is 4.79 Å². The molecule has 0 saturated carbocycles. The van der Waals surface area contributed by atoms with Crippen LogP contribution in [0.3, 0.4) is 0 Å². The van der Waals surface area contributed by atoms with Gasteiger partial charge in [-0.15, -0.1) is 0 Å². The zero-order valence-electron chi connectivity index (χ0n) is 11.3. The van der Waals surface area contributed by atoms with Crippen molar-refractivity contribution in [3.8, 4) is 0 Å². The van der Waals surface area contributed by atoms with E-state index in [-0.39, 0.29) is 11.9 Å². The van der Waals surface area contributed by atoms with E-state index in [1.54, 1.807) is 0 Å². The van der Waals surface area contributed by atoms with Gasteiger partial charge in [0.15, 0.2) is 0 Å². The van der Waals surface area contributed by atoms with Gasteiger partial charge in [0.2, 0.25) is 5.91 Å². The van der Waals surface area contributed by atoms with Crippen LogP contribution in [-0.4, -0.2) is 25.0 Å². The summed E-state index contributed by atoms with van der Waals surface area (Å²) < 4.78 is 0. The molecular weight excluding hydrogens is 224 g/mol. The first-order valence-corrected chi connectivity index (χ1v) is 6.84. The van der Waals surface area contributed by atoms with Crippen molar-refractivity contribution in [2.75, 3.05) is 18.0 Å². The molecule has 1 aromatic carbocycles. The Bertz CT molecular complexity index is 393. The molecule has 0 bridgehead atoms. The molecule has 18 heavy (non-hydrogen) atoms. The van der Waals surface area contributed by atoms with Crippen molar-refractivity contribution in [3.05, 3.63) is 29.8 Å². The van der Waals surface area contributed by atoms with Crippen molar-refractivity contribution < 1.29 is 4.79 Å². The summed E-state index contributed by atoms with van der Waals surface area (Å²) in [6.45, 7) is 5.77. The minimum absolute atomic E-state index is 0.00000283. The van der Waals surface area contributed by atoms with Gasteiger partial charge < -0.3 is 10.2 Å². The number of likely N-dealkylation sites (N-methyl/N-ethyl adjacent to an activating group) is 1. The molecule has 0 aliphatic carbocycles. The maximum absolute atomic E-state index is 12.5. The molecule has 1 N–H and O–H groups in total. The van der Waals surface area contributed by atoms with E-state index in [1.807, 2.05) is 24.0 Å². The Morgan fingerprint density at radius 3 is 2.61 bits per heavy atom. The summed E-state index contributed by atoms with van der Waals surface area (Å²) in [4.78, 5) is 14.4. The van der Waals surface area contributed by atoms with Gasteiger partial charge in [-0.05, 0) is 45.4 Å². The predicted octanol–water partition coefficient (Wildman–Crippen LogP) is 2.49. The number of anilines is 1. The maximum Gasteiger partial charge on any atom is 0.244 e. The second-order valence-corrected chi connectivity index (χ2v) is 4.92. The van der Waals surface area contributed by atoms with Crippen molar-refractivity contribution in [2.45, 2.75) is 39.2 Å². The molecule has 1 atom stereocenters. The molecule has 1 amide bonds. The van der Waals surface area contributed by atoms with Gasteiger partial charge in [0.05, 0.1) is 6.04 Å². The lowest BCUT2D eigenvalue weighted by molar-refractivity contribution is -0.121. The number of hydrogen-bond acceptors (Lipinski definition) is 2. The molecule has 1 saturated heterocycles. The highest BCUT2D eigenvalue weighted by atomic mass is 16.2. The van der Waals surface area contributed by atoms with Crippen LogP contribution in [0.4, 0.5) is 5.69 Å². The molecule has 0 unspecified atom stereocenters. The number of hydrogen-bond donors (Lipinski definition) is 1. The van der Waals surface area contributed by atoms with Gasteiger partial charge in [-0.3, -0.25) is 4.79 Å². The van der Waals surface area contributed by atoms with E-state index in [1.165, 1.54) is 12.0 Å². The van der Waals surface area contributed by atoms with E-state index in [0.717, 1.165) is 31.6 Å². The van der Waals surface area contributed by atoms with Crippen LogP contribution in [-0.2, 0) is 4.79 Å². The highest BCUT2D eigenvalue weighted by Crippen LogP contribution is 2.18. The van der Waals surface area contributed by atoms with E-state index in [4.69, 9.17) is 0 Å². The number of carbonyl (C=O) groups is 1. The van der Waals surface area contributed by atoms with Gasteiger partial charge in [0, 0.05) is 12.2 Å². The fraction of sp³-hybridized carbons (Fsp3) is 0.533. The number of amides is 1. The molecule has 98 valence electrons. The van der Waals surface area contributed by atoms with Gasteiger partial charge in [0.25, 0.3) is 0 Å². The van der Waals surface area contributed by atoms with Crippen LogP contribution in [0.15, 0.2) is 24.3 Å². The number of aryl methyl sites for hydroxylation is 1. The van der Waals surface area contributed by atoms with E-state index < -0.39 is 0 Å². The Hall–Kier alpha value is -1.35. The molecule has 0 spiro atoms. The number of carbonyl (C=O) groups excluding carboxylic acids is 1. The van der Waals surface area contributed by atoms with E-state index in [0.29, 0.717) is 0 Å². The molecule has 0 aromatic heterocycles. The normalized spacial score (nSPS) is 19.6. The molecule has 1 aliphatic rings. The number of nitrogens with one attached hydrogen (secondary N) is 1. The maximum atomic E-state index is 12.5. The lowest BCUT2D eigenvalue weighted by atomic mass is 10.0. The molecule has 0 radical (unpaired) electrons. The Balaban J connectivity index is 2.12. The minimum Gasteiger partial charge on any atom is -0.311 e. The highest BCUT2D eigenvalue weighted by molar-refractivity contribution is 5.97. The Kier molecular flexibility index (Phi) is 4.37. The third-order valence-electron chi connectivity index (χ3n) is 3.54. The monoisotopic (exact) mass is 246 g/mol. The summed E-state index contributed by atoms with van der Waals surface area (Å²) >= 11 is 0. The van der Waals surface area contributed by atoms with Gasteiger partial charge in [-0.1, -0.05) is 24.1 Å². The van der Waals surface area contributed by atoms with Crippen molar-refractivity contribution in [1.82, 2.24) is 5.32 Å². The topological polar surface area (TPSA) is 32.3 Å². The molecule has 2 rings (SSSR count). The fourth-order valence-electron chi connectivity index (χ4n) is 2.44. The summed E-state index contributed by atoms with van der Waals surface area (Å²) in [5, 5.41) is 3.32. The summed E-state index contributed by atoms with van der Waals surface area (Å²) in [5.41, 5.74) is 2.22. The largest absolute Gasteiger partial charge is 0.311 e. The van der Waals surface area contributed by atoms with Crippen LogP contribution in [0.5, 0.6) is 0 Å². The number of rotatable bonds is 3. The van der Waals surface area contributed by atoms with Gasteiger partial charge in [-0.25, -0.2) is 0 Å². The average molecular weight is 246 g/mol. The van der Waals surface area contributed by atoms with Gasteiger partial charge in [-0.2, -0.15) is 0 Å². The Morgan fingerprint density at radius 2 is 2.06 bits per heavy atom. The molecular formula is C15H22N2O. The third-order valence-corrected chi connectivity index (χ3v) is 3.54. The molecule has 1 aliphatic heterocycles. The first kappa shape index (κ1) is 13.1. The third kappa shape index (κ3) is 2.91. The van der Waals surface area contributed by atoms with Crippen molar-refractivity contribution in [2.24, 2.45) is 0 Å². The standard InChI is InChI=1S/C15H22N2O/c1-3-17(13-9-7-12(2)8-10-13)15(18)14-6-4-5-11-16-14/h7-10,14,16H,3-6,11H2,1-2H3/t14-/m1/s1. The average Bonchev–Trinajstić information content (AvgIpc) is 2.42. The molecule has 1 aromatic rings. The summed E-state index contributed by atoms with van der Waals surface area (Å²) in [7, 11) is 0. The predicted molar refractivity (Wildman–Crippen MR) is 74.8 cm³/mol. The van der Waals surface area contributed by atoms with Gasteiger partial charge >= 0.3 is 0 Å². The second-order valence-electron chi connectivity index (χ2n) is 4.92. The van der Waals surface area contributed by atoms with Crippen LogP contribution < -0.4 is 10.2 Å². The minimum atomic E-state index is 0.00000283. The smallest absolute Gasteiger partial charge is 0.244 e. The quantitative estimate of drug-likeness (QED) is 0.888. The van der Waals surface area contributed by atoms with E-state index in [2.05, 4.69) is 24.4 Å². The van der Waals surface area contributed by atoms with Crippen molar-refractivity contribution in [1.29, 1.82) is 0 Å². The summed E-state index contributed by atoms with van der Waals surface area (Å²) in [6.07, 6.45) is 3.29. The van der Waals surface area contributed by atoms with Crippen molar-refractivity contribution in [3.63, 3.8) is 0 Å². The van der Waals surface area contributed by atoms with Crippen molar-refractivity contribution >= 4 is 11.6 Å². The molecule has 1 fully saturated rings. The first-order valence-electron chi connectivity index (χ1n) is 6.84. The lowest BCUT2D eigenvalue weighted by Crippen LogP contribution is -2.48. The first-order chi connectivity index (χ1) is 8.72. The lowest BCUT2D eigenvalue weighted by Gasteiger charge is -2.29. The van der Waals surface area contributed by atoms with Crippen LogP contribution in [0.1, 0.15) is 31.7 Å². The molecule has 3 nitrogen and oxygen atoms in total. The zero-order valence-corrected chi connectivity index (χ0v) is 11.3. The van der Waals surface area contributed by atoms with Crippen LogP contribution in [0, 0.1) is 6.92 Å². The molecule has 1 heterocycles. The highest BCUT2D eigenvalue weighted by Gasteiger charge is 2.25. The Morgan fingerprint density at radius 1 is 1.33 bits per heavy atom. The Labute approximate surface area is 109 Å². The van der Waals surface area contributed by atoms with Crippen LogP contribution in [0.2, 0.25) is 0 Å². The SMILES string of the molecule is CCN(C(=O)[C@H]1CCCCN1)c1ccc(C)cc1. The second kappa shape index (κ2) is 6.01. The molecule has 3 heteroatoms. The zero-order chi connectivity index (χ0) is 13.0. The fourth-order valence-corrected chi connectivity index (χ4v) is 2.44. The number of nitrogens with zero attached hydrogens (tertiary/aromatic N) is 1. The number of piperidine rings is 1.